The van der Waals surface area contributed by atoms with Gasteiger partial charge in [-0.15, -0.1) is 0 Å². The molecule has 0 saturated carbocycles. The molecule has 2 aromatic rings. The Bertz CT molecular complexity index is 671. The zero-order chi connectivity index (χ0) is 15.4. The second-order valence-electron chi connectivity index (χ2n) is 4.73. The summed E-state index contributed by atoms with van der Waals surface area (Å²) in [5.74, 6) is -0.266. The highest BCUT2D eigenvalue weighted by atomic mass is 16.6. The Morgan fingerprint density at radius 3 is 2.52 bits per heavy atom. The van der Waals surface area contributed by atoms with Crippen molar-refractivity contribution in [3.8, 4) is 0 Å². The minimum Gasteiger partial charge on any atom is -0.346 e. The van der Waals surface area contributed by atoms with Crippen molar-refractivity contribution in [3.05, 3.63) is 69.5 Å². The predicted octanol–water partition coefficient (Wildman–Crippen LogP) is 2.79. The van der Waals surface area contributed by atoms with Crippen molar-refractivity contribution in [3.63, 3.8) is 0 Å². The Kier molecular flexibility index (Phi) is 4.27. The first kappa shape index (κ1) is 14.6. The van der Waals surface area contributed by atoms with Gasteiger partial charge in [-0.1, -0.05) is 0 Å². The zero-order valence-corrected chi connectivity index (χ0v) is 11.7. The lowest BCUT2D eigenvalue weighted by Crippen LogP contribution is -2.26. The van der Waals surface area contributed by atoms with Crippen LogP contribution in [0.5, 0.6) is 0 Å². The third-order valence-electron chi connectivity index (χ3n) is 3.21. The van der Waals surface area contributed by atoms with Crippen LogP contribution in [0, 0.1) is 17.0 Å². The average molecular weight is 285 g/mol. The molecule has 1 aromatic carbocycles. The fourth-order valence-corrected chi connectivity index (χ4v) is 2.02. The van der Waals surface area contributed by atoms with Crippen LogP contribution in [-0.4, -0.2) is 15.8 Å². The normalized spacial score (nSPS) is 11.7. The summed E-state index contributed by atoms with van der Waals surface area (Å²) in [7, 11) is 0. The number of hydrogen-bond acceptors (Lipinski definition) is 4. The summed E-state index contributed by atoms with van der Waals surface area (Å²) in [5, 5.41) is 13.6. The van der Waals surface area contributed by atoms with Crippen LogP contribution in [0.4, 0.5) is 5.69 Å². The second-order valence-corrected chi connectivity index (χ2v) is 4.73. The number of hydrogen-bond donors (Lipinski definition) is 1. The molecular formula is C15H15N3O3. The van der Waals surface area contributed by atoms with Gasteiger partial charge >= 0.3 is 0 Å². The van der Waals surface area contributed by atoms with Gasteiger partial charge in [0, 0.05) is 29.6 Å². The van der Waals surface area contributed by atoms with Gasteiger partial charge in [0.2, 0.25) is 0 Å². The minimum atomic E-state index is -0.462. The van der Waals surface area contributed by atoms with Crippen molar-refractivity contribution >= 4 is 11.6 Å². The van der Waals surface area contributed by atoms with Gasteiger partial charge in [-0.25, -0.2) is 0 Å². The van der Waals surface area contributed by atoms with Crippen LogP contribution in [0.1, 0.15) is 34.5 Å². The van der Waals surface area contributed by atoms with E-state index in [9.17, 15) is 14.9 Å². The highest BCUT2D eigenvalue weighted by Gasteiger charge is 2.15. The van der Waals surface area contributed by atoms with Crippen molar-refractivity contribution in [1.29, 1.82) is 0 Å². The maximum Gasteiger partial charge on any atom is 0.272 e. The molecule has 0 radical (unpaired) electrons. The lowest BCUT2D eigenvalue weighted by Gasteiger charge is -2.14. The van der Waals surface area contributed by atoms with Gasteiger partial charge in [-0.2, -0.15) is 0 Å². The number of aromatic nitrogens is 1. The number of nitrogens with zero attached hydrogens (tertiary/aromatic N) is 2. The van der Waals surface area contributed by atoms with Crippen molar-refractivity contribution in [2.75, 3.05) is 0 Å². The number of pyridine rings is 1. The summed E-state index contributed by atoms with van der Waals surface area (Å²) in [6.07, 6.45) is 3.32. The highest BCUT2D eigenvalue weighted by molar-refractivity contribution is 5.95. The zero-order valence-electron chi connectivity index (χ0n) is 11.7. The summed E-state index contributed by atoms with van der Waals surface area (Å²) >= 11 is 0. The molecule has 1 N–H and O–H groups in total. The Balaban J connectivity index is 2.14. The molecule has 108 valence electrons. The number of carbonyl (C=O) groups excluding carboxylic acids is 1. The van der Waals surface area contributed by atoms with Crippen LogP contribution in [-0.2, 0) is 0 Å². The van der Waals surface area contributed by atoms with Crippen molar-refractivity contribution in [2.45, 2.75) is 19.9 Å². The SMILES string of the molecule is Cc1cc(C(=O)N[C@@H](C)c2ccncc2)ccc1[N+](=O)[O-]. The monoisotopic (exact) mass is 285 g/mol. The largest absolute Gasteiger partial charge is 0.346 e. The molecule has 0 saturated heterocycles. The third kappa shape index (κ3) is 3.42. The first-order chi connectivity index (χ1) is 9.99. The van der Waals surface area contributed by atoms with Gasteiger partial charge in [0.25, 0.3) is 11.6 Å². The van der Waals surface area contributed by atoms with Gasteiger partial charge in [0.1, 0.15) is 0 Å². The molecule has 0 aliphatic rings. The van der Waals surface area contributed by atoms with Gasteiger partial charge < -0.3 is 5.32 Å². The second kappa shape index (κ2) is 6.13. The first-order valence-corrected chi connectivity index (χ1v) is 6.45. The van der Waals surface area contributed by atoms with E-state index in [0.29, 0.717) is 11.1 Å². The van der Waals surface area contributed by atoms with E-state index in [1.165, 1.54) is 18.2 Å². The lowest BCUT2D eigenvalue weighted by molar-refractivity contribution is -0.385. The molecule has 6 nitrogen and oxygen atoms in total. The Hall–Kier alpha value is -2.76. The molecular weight excluding hydrogens is 270 g/mol. The molecule has 0 aliphatic heterocycles. The topological polar surface area (TPSA) is 85.1 Å². The van der Waals surface area contributed by atoms with Crippen LogP contribution in [0.3, 0.4) is 0 Å². The number of carbonyl (C=O) groups is 1. The molecule has 1 aromatic heterocycles. The van der Waals surface area contributed by atoms with Crippen molar-refractivity contribution in [1.82, 2.24) is 10.3 Å². The summed E-state index contributed by atoms with van der Waals surface area (Å²) < 4.78 is 0. The third-order valence-corrected chi connectivity index (χ3v) is 3.21. The van der Waals surface area contributed by atoms with E-state index in [0.717, 1.165) is 5.56 Å². The molecule has 0 fully saturated rings. The number of nitro groups is 1. The number of amides is 1. The number of aryl methyl sites for hydroxylation is 1. The van der Waals surface area contributed by atoms with Crippen LogP contribution < -0.4 is 5.32 Å². The predicted molar refractivity (Wildman–Crippen MR) is 78.0 cm³/mol. The van der Waals surface area contributed by atoms with Crippen molar-refractivity contribution < 1.29 is 9.72 Å². The summed E-state index contributed by atoms with van der Waals surface area (Å²) in [6, 6.07) is 7.81. The maximum atomic E-state index is 12.2. The quantitative estimate of drug-likeness (QED) is 0.691. The smallest absolute Gasteiger partial charge is 0.272 e. The molecule has 0 aliphatic carbocycles. The molecule has 0 bridgehead atoms. The van der Waals surface area contributed by atoms with Crippen LogP contribution >= 0.6 is 0 Å². The van der Waals surface area contributed by atoms with E-state index in [2.05, 4.69) is 10.3 Å². The lowest BCUT2D eigenvalue weighted by atomic mass is 10.1. The average Bonchev–Trinajstić information content (AvgIpc) is 2.47. The summed E-state index contributed by atoms with van der Waals surface area (Å²) in [6.45, 7) is 3.48. The van der Waals surface area contributed by atoms with E-state index < -0.39 is 4.92 Å². The number of nitrogens with one attached hydrogen (secondary N) is 1. The molecule has 2 rings (SSSR count). The van der Waals surface area contributed by atoms with E-state index in [-0.39, 0.29) is 17.6 Å². The fourth-order valence-electron chi connectivity index (χ4n) is 2.02. The van der Waals surface area contributed by atoms with Gasteiger partial charge in [-0.3, -0.25) is 19.9 Å². The van der Waals surface area contributed by atoms with Crippen molar-refractivity contribution in [2.24, 2.45) is 0 Å². The number of benzene rings is 1. The molecule has 1 atom stereocenters. The van der Waals surface area contributed by atoms with E-state index in [1.807, 2.05) is 19.1 Å². The van der Waals surface area contributed by atoms with Crippen LogP contribution in [0.2, 0.25) is 0 Å². The summed E-state index contributed by atoms with van der Waals surface area (Å²) in [5.41, 5.74) is 1.81. The van der Waals surface area contributed by atoms with Gasteiger partial charge in [0.15, 0.2) is 0 Å². The Labute approximate surface area is 122 Å². The minimum absolute atomic E-state index is 0.00809. The molecule has 21 heavy (non-hydrogen) atoms. The molecule has 0 unspecified atom stereocenters. The molecule has 1 amide bonds. The number of rotatable bonds is 4. The fraction of sp³-hybridized carbons (Fsp3) is 0.200. The van der Waals surface area contributed by atoms with Crippen LogP contribution in [0.25, 0.3) is 0 Å². The maximum absolute atomic E-state index is 12.2. The molecule has 1 heterocycles. The first-order valence-electron chi connectivity index (χ1n) is 6.45. The highest BCUT2D eigenvalue weighted by Crippen LogP contribution is 2.19. The van der Waals surface area contributed by atoms with E-state index in [1.54, 1.807) is 19.3 Å². The summed E-state index contributed by atoms with van der Waals surface area (Å²) in [4.78, 5) is 26.4. The van der Waals surface area contributed by atoms with E-state index in [4.69, 9.17) is 0 Å². The molecule has 0 spiro atoms. The van der Waals surface area contributed by atoms with E-state index >= 15 is 0 Å². The van der Waals surface area contributed by atoms with Gasteiger partial charge in [-0.05, 0) is 43.7 Å². The standard InChI is InChI=1S/C15H15N3O3/c1-10-9-13(3-4-14(10)18(20)21)15(19)17-11(2)12-5-7-16-8-6-12/h3-9,11H,1-2H3,(H,17,19)/t11-/m0/s1. The number of nitro benzene ring substituents is 1. The van der Waals surface area contributed by atoms with Crippen LogP contribution in [0.15, 0.2) is 42.7 Å². The van der Waals surface area contributed by atoms with Gasteiger partial charge in [0.05, 0.1) is 11.0 Å². The Morgan fingerprint density at radius 1 is 1.29 bits per heavy atom. The Morgan fingerprint density at radius 2 is 1.95 bits per heavy atom. The molecule has 6 heteroatoms.